The average molecular weight is 438 g/mol. The Labute approximate surface area is 189 Å². The van der Waals surface area contributed by atoms with Crippen molar-refractivity contribution in [1.82, 2.24) is 24.6 Å². The van der Waals surface area contributed by atoms with E-state index in [0.29, 0.717) is 6.42 Å². The summed E-state index contributed by atoms with van der Waals surface area (Å²) >= 11 is 0. The molecular weight excluding hydrogens is 410 g/mol. The number of aromatic nitrogens is 4. The first-order valence-electron chi connectivity index (χ1n) is 10.4. The summed E-state index contributed by atoms with van der Waals surface area (Å²) < 4.78 is 2.05. The van der Waals surface area contributed by atoms with Gasteiger partial charge in [0.1, 0.15) is 5.82 Å². The van der Waals surface area contributed by atoms with E-state index in [4.69, 9.17) is 5.26 Å². The van der Waals surface area contributed by atoms with E-state index in [1.807, 2.05) is 12.4 Å². The van der Waals surface area contributed by atoms with E-state index >= 15 is 0 Å². The molecule has 7 nitrogen and oxygen atoms in total. The summed E-state index contributed by atoms with van der Waals surface area (Å²) in [6.45, 7) is 8.70. The van der Waals surface area contributed by atoms with Crippen LogP contribution in [0.3, 0.4) is 0 Å². The number of halogens is 1. The third kappa shape index (κ3) is 5.04. The molecule has 3 heterocycles. The van der Waals surface area contributed by atoms with E-state index in [1.165, 1.54) is 16.8 Å². The molecule has 4 rings (SSSR count). The molecule has 0 saturated carbocycles. The van der Waals surface area contributed by atoms with Crippen molar-refractivity contribution >= 4 is 18.2 Å². The number of hydrogen-bond acceptors (Lipinski definition) is 6. The molecule has 0 aliphatic carbocycles. The highest BCUT2D eigenvalue weighted by atomic mass is 35.5. The van der Waals surface area contributed by atoms with Gasteiger partial charge in [-0.25, -0.2) is 4.98 Å². The maximum absolute atomic E-state index is 8.97. The summed E-state index contributed by atoms with van der Waals surface area (Å²) in [7, 11) is 0. The second-order valence-corrected chi connectivity index (χ2v) is 7.64. The van der Waals surface area contributed by atoms with Crippen LogP contribution in [0.15, 0.2) is 49.1 Å². The number of anilines is 1. The van der Waals surface area contributed by atoms with Crippen molar-refractivity contribution < 1.29 is 0 Å². The van der Waals surface area contributed by atoms with Gasteiger partial charge in [-0.1, -0.05) is 24.3 Å². The highest BCUT2D eigenvalue weighted by Gasteiger charge is 2.29. The molecule has 0 bridgehead atoms. The predicted octanol–water partition coefficient (Wildman–Crippen LogP) is 3.55. The number of benzene rings is 1. The molecule has 0 N–H and O–H groups in total. The van der Waals surface area contributed by atoms with E-state index in [9.17, 15) is 0 Å². The molecule has 0 spiro atoms. The van der Waals surface area contributed by atoms with Gasteiger partial charge in [0.2, 0.25) is 0 Å². The van der Waals surface area contributed by atoms with Gasteiger partial charge in [-0.3, -0.25) is 14.6 Å². The quantitative estimate of drug-likeness (QED) is 0.587. The van der Waals surface area contributed by atoms with Gasteiger partial charge in [0.05, 0.1) is 30.9 Å². The van der Waals surface area contributed by atoms with Crippen LogP contribution < -0.4 is 4.90 Å². The molecule has 1 saturated heterocycles. The summed E-state index contributed by atoms with van der Waals surface area (Å²) in [5.74, 6) is 0.915. The van der Waals surface area contributed by atoms with Crippen molar-refractivity contribution in [1.29, 1.82) is 5.26 Å². The van der Waals surface area contributed by atoms with Gasteiger partial charge >= 0.3 is 0 Å². The molecule has 1 fully saturated rings. The van der Waals surface area contributed by atoms with Gasteiger partial charge in [-0.2, -0.15) is 10.4 Å². The van der Waals surface area contributed by atoms with Crippen LogP contribution in [0.2, 0.25) is 0 Å². The molecule has 2 aromatic heterocycles. The van der Waals surface area contributed by atoms with E-state index in [1.54, 1.807) is 12.4 Å². The van der Waals surface area contributed by atoms with E-state index in [2.05, 4.69) is 73.7 Å². The van der Waals surface area contributed by atoms with Crippen molar-refractivity contribution in [2.24, 2.45) is 0 Å². The van der Waals surface area contributed by atoms with Crippen LogP contribution in [0.25, 0.3) is 0 Å². The lowest BCUT2D eigenvalue weighted by atomic mass is 9.99. The third-order valence-electron chi connectivity index (χ3n) is 5.89. The lowest BCUT2D eigenvalue weighted by Gasteiger charge is -2.42. The molecule has 1 atom stereocenters. The van der Waals surface area contributed by atoms with Gasteiger partial charge in [0, 0.05) is 56.4 Å². The molecule has 1 aliphatic heterocycles. The van der Waals surface area contributed by atoms with Gasteiger partial charge < -0.3 is 4.90 Å². The maximum atomic E-state index is 8.97. The number of piperazine rings is 1. The van der Waals surface area contributed by atoms with Gasteiger partial charge in [-0.05, 0) is 25.0 Å². The highest BCUT2D eigenvalue weighted by Crippen LogP contribution is 2.30. The summed E-state index contributed by atoms with van der Waals surface area (Å²) in [6, 6.07) is 10.9. The number of nitriles is 1. The van der Waals surface area contributed by atoms with Crippen molar-refractivity contribution in [3.05, 3.63) is 71.4 Å². The Morgan fingerprint density at radius 2 is 1.94 bits per heavy atom. The minimum absolute atomic E-state index is 0. The van der Waals surface area contributed by atoms with E-state index in [-0.39, 0.29) is 18.4 Å². The molecule has 0 radical (unpaired) electrons. The summed E-state index contributed by atoms with van der Waals surface area (Å²) in [5.41, 5.74) is 4.81. The zero-order valence-electron chi connectivity index (χ0n) is 18.0. The monoisotopic (exact) mass is 437 g/mol. The normalized spacial score (nSPS) is 16.5. The Balaban J connectivity index is 0.00000272. The summed E-state index contributed by atoms with van der Waals surface area (Å²) in [4.78, 5) is 13.6. The fourth-order valence-electron chi connectivity index (χ4n) is 4.12. The van der Waals surface area contributed by atoms with Gasteiger partial charge in [0.25, 0.3) is 0 Å². The van der Waals surface area contributed by atoms with Crippen LogP contribution in [0.5, 0.6) is 0 Å². The SMILES string of the molecule is CCn1ncc(CN2CCN(c3cnccn3)CC2c2ccc(CC#N)cc2)c1C.Cl. The van der Waals surface area contributed by atoms with Crippen molar-refractivity contribution in [2.45, 2.75) is 39.4 Å². The Bertz CT molecular complexity index is 1010. The van der Waals surface area contributed by atoms with Gasteiger partial charge in [0.15, 0.2) is 0 Å². The van der Waals surface area contributed by atoms with Crippen molar-refractivity contribution in [3.8, 4) is 6.07 Å². The first-order valence-corrected chi connectivity index (χ1v) is 10.4. The van der Waals surface area contributed by atoms with Crippen molar-refractivity contribution in [3.63, 3.8) is 0 Å². The molecule has 31 heavy (non-hydrogen) atoms. The molecule has 1 aliphatic rings. The maximum Gasteiger partial charge on any atom is 0.147 e. The molecule has 8 heteroatoms. The number of nitrogens with zero attached hydrogens (tertiary/aromatic N) is 7. The highest BCUT2D eigenvalue weighted by molar-refractivity contribution is 5.85. The summed E-state index contributed by atoms with van der Waals surface area (Å²) in [5, 5.41) is 13.5. The standard InChI is InChI=1S/C23H27N7.ClH/c1-3-30-18(2)21(14-27-30)16-28-12-13-29(23-15-25-10-11-26-23)17-22(28)20-6-4-19(5-7-20)8-9-24;/h4-7,10-11,14-15,22H,3,8,12-13,16-17H2,1-2H3;1H. The number of rotatable bonds is 6. The number of aryl methyl sites for hydroxylation is 1. The Hall–Kier alpha value is -2.95. The lowest BCUT2D eigenvalue weighted by Crippen LogP contribution is -2.48. The van der Waals surface area contributed by atoms with Crippen LogP contribution in [0.4, 0.5) is 5.82 Å². The van der Waals surface area contributed by atoms with Crippen LogP contribution >= 0.6 is 12.4 Å². The van der Waals surface area contributed by atoms with Crippen LogP contribution in [0.1, 0.15) is 35.3 Å². The topological polar surface area (TPSA) is 73.9 Å². The second kappa shape index (κ2) is 10.4. The first kappa shape index (κ1) is 22.7. The molecule has 0 amide bonds. The molecule has 3 aromatic rings. The van der Waals surface area contributed by atoms with E-state index < -0.39 is 0 Å². The smallest absolute Gasteiger partial charge is 0.147 e. The number of hydrogen-bond donors (Lipinski definition) is 0. The molecule has 162 valence electrons. The van der Waals surface area contributed by atoms with Crippen LogP contribution in [-0.4, -0.2) is 44.3 Å². The zero-order valence-corrected chi connectivity index (χ0v) is 18.8. The fourth-order valence-corrected chi connectivity index (χ4v) is 4.12. The third-order valence-corrected chi connectivity index (χ3v) is 5.89. The Kier molecular flexibility index (Phi) is 7.61. The molecular formula is C23H28ClN7. The molecule has 1 unspecified atom stereocenters. The van der Waals surface area contributed by atoms with Crippen molar-refractivity contribution in [2.75, 3.05) is 24.5 Å². The lowest BCUT2D eigenvalue weighted by molar-refractivity contribution is 0.168. The van der Waals surface area contributed by atoms with E-state index in [0.717, 1.165) is 44.1 Å². The van der Waals surface area contributed by atoms with Gasteiger partial charge in [-0.15, -0.1) is 12.4 Å². The zero-order chi connectivity index (χ0) is 20.9. The Morgan fingerprint density at radius 1 is 1.13 bits per heavy atom. The second-order valence-electron chi connectivity index (χ2n) is 7.64. The molecule has 1 aromatic carbocycles. The predicted molar refractivity (Wildman–Crippen MR) is 123 cm³/mol. The Morgan fingerprint density at radius 3 is 2.58 bits per heavy atom. The average Bonchev–Trinajstić information content (AvgIpc) is 3.15. The summed E-state index contributed by atoms with van der Waals surface area (Å²) in [6.07, 6.45) is 7.73. The first-order chi connectivity index (χ1) is 14.7. The minimum atomic E-state index is 0. The van der Waals surface area contributed by atoms with Crippen LogP contribution in [-0.2, 0) is 19.5 Å². The fraction of sp³-hybridized carbons (Fsp3) is 0.391. The minimum Gasteiger partial charge on any atom is -0.352 e. The largest absolute Gasteiger partial charge is 0.352 e. The van der Waals surface area contributed by atoms with Crippen LogP contribution in [0, 0.1) is 18.3 Å².